The molecule has 4 nitrogen and oxygen atoms in total. The minimum absolute atomic E-state index is 0. The molecule has 0 aliphatic rings. The van der Waals surface area contributed by atoms with Crippen molar-refractivity contribution in [1.29, 1.82) is 0 Å². The van der Waals surface area contributed by atoms with Crippen LogP contribution in [-0.4, -0.2) is 29.4 Å². The fourth-order valence-electron chi connectivity index (χ4n) is 3.29. The van der Waals surface area contributed by atoms with Gasteiger partial charge < -0.3 is 9.66 Å². The second-order valence-corrected chi connectivity index (χ2v) is 9.11. The molecule has 0 aromatic rings. The zero-order valence-electron chi connectivity index (χ0n) is 17.5. The number of aliphatic hydroxyl groups is 1. The second kappa shape index (κ2) is 19.8. The van der Waals surface area contributed by atoms with Crippen LogP contribution in [0.1, 0.15) is 117 Å². The normalized spacial score (nSPS) is 14.0. The van der Waals surface area contributed by atoms with Gasteiger partial charge in [0, 0.05) is 5.25 Å². The summed E-state index contributed by atoms with van der Waals surface area (Å²) in [5.74, 6) is 0. The van der Waals surface area contributed by atoms with Crippen LogP contribution in [0.25, 0.3) is 0 Å². The van der Waals surface area contributed by atoms with Crippen LogP contribution in [0.4, 0.5) is 0 Å². The average molecular weight is 417 g/mol. The standard InChI is InChI=1S/C20H42O4S.K/c1-3-5-7-9-11-15-19(21)16-12-10-14-18-20(25(22,23)24)17-13-8-6-4-2;/h19-21H,3-18H2,1-2H3,(H,22,23,24);/q;+1/p-1. The molecule has 2 unspecified atom stereocenters. The van der Waals surface area contributed by atoms with Crippen LogP contribution in [0.3, 0.4) is 0 Å². The van der Waals surface area contributed by atoms with E-state index in [9.17, 15) is 18.1 Å². The first-order chi connectivity index (χ1) is 11.9. The molecule has 0 bridgehead atoms. The first kappa shape index (κ1) is 29.7. The topological polar surface area (TPSA) is 77.4 Å². The van der Waals surface area contributed by atoms with Crippen molar-refractivity contribution in [1.82, 2.24) is 0 Å². The van der Waals surface area contributed by atoms with E-state index in [4.69, 9.17) is 0 Å². The Balaban J connectivity index is 0. The molecule has 1 N–H and O–H groups in total. The van der Waals surface area contributed by atoms with Crippen molar-refractivity contribution >= 4 is 10.1 Å². The van der Waals surface area contributed by atoms with E-state index in [2.05, 4.69) is 13.8 Å². The van der Waals surface area contributed by atoms with Crippen molar-refractivity contribution in [3.63, 3.8) is 0 Å². The van der Waals surface area contributed by atoms with Crippen molar-refractivity contribution in [2.45, 2.75) is 128 Å². The Morgan fingerprint density at radius 3 is 1.46 bits per heavy atom. The van der Waals surface area contributed by atoms with Gasteiger partial charge in [0.05, 0.1) is 16.2 Å². The zero-order valence-corrected chi connectivity index (χ0v) is 21.5. The number of hydrogen-bond donors (Lipinski definition) is 1. The minimum atomic E-state index is -4.17. The fourth-order valence-corrected chi connectivity index (χ4v) is 4.20. The molecule has 0 aliphatic heterocycles. The number of aliphatic hydroxyl groups excluding tert-OH is 1. The van der Waals surface area contributed by atoms with Gasteiger partial charge in [0.2, 0.25) is 0 Å². The van der Waals surface area contributed by atoms with E-state index < -0.39 is 15.4 Å². The molecule has 0 saturated carbocycles. The van der Waals surface area contributed by atoms with Gasteiger partial charge in [-0.2, -0.15) is 0 Å². The van der Waals surface area contributed by atoms with Crippen molar-refractivity contribution in [3.05, 3.63) is 0 Å². The van der Waals surface area contributed by atoms with Gasteiger partial charge in [-0.25, -0.2) is 8.42 Å². The van der Waals surface area contributed by atoms with E-state index in [1.165, 1.54) is 25.7 Å². The number of hydrogen-bond acceptors (Lipinski definition) is 4. The van der Waals surface area contributed by atoms with Crippen LogP contribution in [0.2, 0.25) is 0 Å². The van der Waals surface area contributed by atoms with Gasteiger partial charge in [0.1, 0.15) is 0 Å². The van der Waals surface area contributed by atoms with E-state index in [0.29, 0.717) is 12.8 Å². The molecule has 0 saturated heterocycles. The van der Waals surface area contributed by atoms with Gasteiger partial charge in [0.25, 0.3) is 0 Å². The van der Waals surface area contributed by atoms with Gasteiger partial charge in [0.15, 0.2) is 0 Å². The summed E-state index contributed by atoms with van der Waals surface area (Å²) in [5, 5.41) is 9.25. The van der Waals surface area contributed by atoms with Crippen molar-refractivity contribution in [3.8, 4) is 0 Å². The van der Waals surface area contributed by atoms with Crippen LogP contribution in [0, 0.1) is 0 Å². The van der Waals surface area contributed by atoms with Crippen LogP contribution >= 0.6 is 0 Å². The molecule has 0 heterocycles. The minimum Gasteiger partial charge on any atom is -0.748 e. The summed E-state index contributed by atoms with van der Waals surface area (Å²) >= 11 is 0. The molecule has 0 aromatic heterocycles. The zero-order chi connectivity index (χ0) is 19.0. The van der Waals surface area contributed by atoms with Crippen molar-refractivity contribution in [2.75, 3.05) is 0 Å². The summed E-state index contributed by atoms with van der Waals surface area (Å²) in [5.41, 5.74) is 0. The van der Waals surface area contributed by atoms with Gasteiger partial charge in [-0.15, -0.1) is 0 Å². The molecule has 6 heteroatoms. The van der Waals surface area contributed by atoms with Crippen LogP contribution in [-0.2, 0) is 10.1 Å². The third kappa shape index (κ3) is 18.9. The second-order valence-electron chi connectivity index (χ2n) is 7.46. The Hall–Kier alpha value is 1.51. The molecule has 0 rings (SSSR count). The molecule has 0 spiro atoms. The molecule has 0 fully saturated rings. The Morgan fingerprint density at radius 1 is 0.692 bits per heavy atom. The van der Waals surface area contributed by atoms with E-state index in [0.717, 1.165) is 64.2 Å². The van der Waals surface area contributed by atoms with E-state index >= 15 is 0 Å². The van der Waals surface area contributed by atoms with Gasteiger partial charge >= 0.3 is 51.4 Å². The summed E-state index contributed by atoms with van der Waals surface area (Å²) in [6, 6.07) is 0. The molecule has 0 aromatic carbocycles. The first-order valence-corrected chi connectivity index (χ1v) is 12.0. The molecule has 26 heavy (non-hydrogen) atoms. The molecule has 0 amide bonds. The smallest absolute Gasteiger partial charge is 0.748 e. The average Bonchev–Trinajstić information content (AvgIpc) is 2.55. The van der Waals surface area contributed by atoms with Crippen molar-refractivity contribution in [2.24, 2.45) is 0 Å². The summed E-state index contributed by atoms with van der Waals surface area (Å²) in [6.45, 7) is 4.31. The van der Waals surface area contributed by atoms with Gasteiger partial charge in [-0.1, -0.05) is 90.9 Å². The third-order valence-corrected chi connectivity index (χ3v) is 6.28. The molecular weight excluding hydrogens is 375 g/mol. The maximum atomic E-state index is 11.4. The van der Waals surface area contributed by atoms with Crippen molar-refractivity contribution < 1.29 is 69.5 Å². The largest absolute Gasteiger partial charge is 1.00 e. The molecule has 0 radical (unpaired) electrons. The Kier molecular flexibility index (Phi) is 22.6. The maximum Gasteiger partial charge on any atom is 1.00 e. The summed E-state index contributed by atoms with van der Waals surface area (Å²) < 4.78 is 34.1. The Morgan fingerprint density at radius 2 is 1.04 bits per heavy atom. The van der Waals surface area contributed by atoms with Crippen LogP contribution in [0.5, 0.6) is 0 Å². The molecule has 2 atom stereocenters. The molecule has 0 aliphatic carbocycles. The van der Waals surface area contributed by atoms with Gasteiger partial charge in [-0.3, -0.25) is 0 Å². The quantitative estimate of drug-likeness (QED) is 0.212. The van der Waals surface area contributed by atoms with Crippen LogP contribution in [0.15, 0.2) is 0 Å². The predicted octanol–water partition coefficient (Wildman–Crippen LogP) is 2.55. The Bertz CT molecular complexity index is 387. The third-order valence-electron chi connectivity index (χ3n) is 4.99. The molecule has 152 valence electrons. The van der Waals surface area contributed by atoms with Crippen LogP contribution < -0.4 is 51.4 Å². The summed E-state index contributed by atoms with van der Waals surface area (Å²) in [7, 11) is -4.17. The summed E-state index contributed by atoms with van der Waals surface area (Å²) in [4.78, 5) is 0. The SMILES string of the molecule is CCCCCCCC(O)CCCCCC(CCCCCC)S(=O)(=O)[O-].[K+]. The fraction of sp³-hybridized carbons (Fsp3) is 1.00. The Labute approximate surface area is 205 Å². The van der Waals surface area contributed by atoms with E-state index in [-0.39, 0.29) is 57.5 Å². The van der Waals surface area contributed by atoms with E-state index in [1.54, 1.807) is 0 Å². The predicted molar refractivity (Wildman–Crippen MR) is 105 cm³/mol. The first-order valence-electron chi connectivity index (χ1n) is 10.5. The number of rotatable bonds is 18. The maximum absolute atomic E-state index is 11.4. The van der Waals surface area contributed by atoms with Gasteiger partial charge in [-0.05, 0) is 25.7 Å². The molecular formula is C20H41KO4S. The monoisotopic (exact) mass is 416 g/mol. The summed E-state index contributed by atoms with van der Waals surface area (Å²) in [6.07, 6.45) is 15.1. The number of unbranched alkanes of at least 4 members (excludes halogenated alkanes) is 9. The van der Waals surface area contributed by atoms with E-state index in [1.807, 2.05) is 0 Å².